The molecule has 0 aromatic heterocycles. The first kappa shape index (κ1) is 12.4. The summed E-state index contributed by atoms with van der Waals surface area (Å²) in [7, 11) is 0. The van der Waals surface area contributed by atoms with E-state index in [4.69, 9.17) is 5.26 Å². The van der Waals surface area contributed by atoms with Crippen LogP contribution in [-0.2, 0) is 0 Å². The number of halogens is 1. The number of aryl methyl sites for hydroxylation is 1. The predicted molar refractivity (Wildman–Crippen MR) is 74.1 cm³/mol. The molecule has 1 heterocycles. The van der Waals surface area contributed by atoms with E-state index in [-0.39, 0.29) is 0 Å². The summed E-state index contributed by atoms with van der Waals surface area (Å²) in [5.41, 5.74) is 2.49. The second kappa shape index (κ2) is 5.55. The fraction of sp³-hybridized carbons (Fsp3) is 0.500. The monoisotopic (exact) mass is 292 g/mol. The van der Waals surface area contributed by atoms with Gasteiger partial charge in [-0.1, -0.05) is 6.07 Å². The maximum atomic E-state index is 8.91. The highest BCUT2D eigenvalue weighted by Crippen LogP contribution is 2.32. The molecule has 1 aromatic rings. The minimum atomic E-state index is 0.382. The van der Waals surface area contributed by atoms with Crippen LogP contribution in [0.5, 0.6) is 0 Å². The Morgan fingerprint density at radius 2 is 2.29 bits per heavy atom. The van der Waals surface area contributed by atoms with Gasteiger partial charge < -0.3 is 4.90 Å². The van der Waals surface area contributed by atoms with Gasteiger partial charge in [-0.3, -0.25) is 0 Å². The molecule has 1 aliphatic heterocycles. The molecule has 17 heavy (non-hydrogen) atoms. The lowest BCUT2D eigenvalue weighted by Crippen LogP contribution is -2.39. The van der Waals surface area contributed by atoms with Gasteiger partial charge >= 0.3 is 0 Å². The summed E-state index contributed by atoms with van der Waals surface area (Å²) >= 11 is 3.64. The van der Waals surface area contributed by atoms with Crippen molar-refractivity contribution in [2.45, 2.75) is 38.6 Å². The average Bonchev–Trinajstić information content (AvgIpc) is 2.31. The van der Waals surface area contributed by atoms with Crippen molar-refractivity contribution < 1.29 is 0 Å². The third kappa shape index (κ3) is 2.81. The lowest BCUT2D eigenvalue weighted by atomic mass is 9.99. The van der Waals surface area contributed by atoms with E-state index >= 15 is 0 Å². The van der Waals surface area contributed by atoms with Crippen LogP contribution >= 0.6 is 15.9 Å². The quantitative estimate of drug-likeness (QED) is 0.823. The highest BCUT2D eigenvalue weighted by Gasteiger charge is 2.23. The van der Waals surface area contributed by atoms with Crippen LogP contribution in [0.1, 0.15) is 31.2 Å². The Labute approximate surface area is 111 Å². The van der Waals surface area contributed by atoms with Crippen LogP contribution in [0.4, 0.5) is 5.69 Å². The van der Waals surface area contributed by atoms with E-state index in [0.29, 0.717) is 12.5 Å². The van der Waals surface area contributed by atoms with E-state index < -0.39 is 0 Å². The van der Waals surface area contributed by atoms with Gasteiger partial charge in [-0.05, 0) is 59.8 Å². The molecule has 1 atom stereocenters. The van der Waals surface area contributed by atoms with Crippen molar-refractivity contribution in [2.24, 2.45) is 0 Å². The van der Waals surface area contributed by atoms with Crippen molar-refractivity contribution in [1.82, 2.24) is 0 Å². The molecule has 0 radical (unpaired) electrons. The lowest BCUT2D eigenvalue weighted by Gasteiger charge is -2.37. The molecule has 0 spiro atoms. The van der Waals surface area contributed by atoms with Crippen molar-refractivity contribution in [1.29, 1.82) is 5.26 Å². The van der Waals surface area contributed by atoms with Gasteiger partial charge in [0.05, 0.1) is 18.2 Å². The van der Waals surface area contributed by atoms with Gasteiger partial charge in [-0.2, -0.15) is 5.26 Å². The zero-order valence-electron chi connectivity index (χ0n) is 10.1. The Kier molecular flexibility index (Phi) is 4.06. The Hall–Kier alpha value is -1.01. The van der Waals surface area contributed by atoms with Gasteiger partial charge in [0.15, 0.2) is 0 Å². The molecule has 0 bridgehead atoms. The summed E-state index contributed by atoms with van der Waals surface area (Å²) in [5, 5.41) is 8.91. The molecule has 0 saturated carbocycles. The molecule has 3 heteroatoms. The molecular formula is C14H17BrN2. The summed E-state index contributed by atoms with van der Waals surface area (Å²) in [4.78, 5) is 2.39. The Balaban J connectivity index is 2.26. The van der Waals surface area contributed by atoms with E-state index in [1.54, 1.807) is 0 Å². The largest absolute Gasteiger partial charge is 0.367 e. The second-order valence-corrected chi connectivity index (χ2v) is 5.51. The summed E-state index contributed by atoms with van der Waals surface area (Å²) in [6, 6.07) is 9.14. The molecule has 1 aromatic carbocycles. The van der Waals surface area contributed by atoms with Crippen LogP contribution < -0.4 is 4.90 Å². The average molecular weight is 293 g/mol. The summed E-state index contributed by atoms with van der Waals surface area (Å²) in [5.74, 6) is 0. The Bertz CT molecular complexity index is 436. The van der Waals surface area contributed by atoms with Crippen molar-refractivity contribution in [2.75, 3.05) is 11.4 Å². The maximum absolute atomic E-state index is 8.91. The molecule has 1 unspecified atom stereocenters. The molecule has 0 N–H and O–H groups in total. The number of anilines is 1. The van der Waals surface area contributed by atoms with E-state index in [0.717, 1.165) is 17.4 Å². The van der Waals surface area contributed by atoms with Gasteiger partial charge in [0.25, 0.3) is 0 Å². The standard InChI is InChI=1S/C14H17BrN2/c1-11-5-6-14(13(15)10-11)17-9-3-2-4-12(17)7-8-16/h5-6,10,12H,2-4,7,9H2,1H3. The Morgan fingerprint density at radius 3 is 3.00 bits per heavy atom. The van der Waals surface area contributed by atoms with Crippen molar-refractivity contribution in [3.05, 3.63) is 28.2 Å². The molecular weight excluding hydrogens is 276 g/mol. The Morgan fingerprint density at radius 1 is 1.47 bits per heavy atom. The third-order valence-electron chi connectivity index (χ3n) is 3.37. The first-order valence-corrected chi connectivity index (χ1v) is 6.91. The fourth-order valence-electron chi connectivity index (χ4n) is 2.48. The lowest BCUT2D eigenvalue weighted by molar-refractivity contribution is 0.464. The first-order valence-electron chi connectivity index (χ1n) is 6.12. The fourth-order valence-corrected chi connectivity index (χ4v) is 3.20. The van der Waals surface area contributed by atoms with E-state index in [1.807, 2.05) is 0 Å². The van der Waals surface area contributed by atoms with Gasteiger partial charge in [-0.15, -0.1) is 0 Å². The number of nitrogens with zero attached hydrogens (tertiary/aromatic N) is 2. The maximum Gasteiger partial charge on any atom is 0.0643 e. The molecule has 2 nitrogen and oxygen atoms in total. The van der Waals surface area contributed by atoms with Crippen molar-refractivity contribution >= 4 is 21.6 Å². The molecule has 1 saturated heterocycles. The topological polar surface area (TPSA) is 27.0 Å². The van der Waals surface area contributed by atoms with Gasteiger partial charge in [-0.25, -0.2) is 0 Å². The molecule has 90 valence electrons. The normalized spacial score (nSPS) is 20.1. The highest BCUT2D eigenvalue weighted by molar-refractivity contribution is 9.10. The number of piperidine rings is 1. The van der Waals surface area contributed by atoms with Crippen LogP contribution in [0.15, 0.2) is 22.7 Å². The first-order chi connectivity index (χ1) is 8.22. The van der Waals surface area contributed by atoms with E-state index in [1.165, 1.54) is 24.1 Å². The minimum Gasteiger partial charge on any atom is -0.367 e. The van der Waals surface area contributed by atoms with Crippen molar-refractivity contribution in [3.63, 3.8) is 0 Å². The summed E-state index contributed by atoms with van der Waals surface area (Å²) in [6.45, 7) is 3.16. The van der Waals surface area contributed by atoms with Crippen LogP contribution in [-0.4, -0.2) is 12.6 Å². The molecule has 1 fully saturated rings. The molecule has 2 rings (SSSR count). The second-order valence-electron chi connectivity index (χ2n) is 4.66. The predicted octanol–water partition coefficient (Wildman–Crippen LogP) is 4.03. The SMILES string of the molecule is Cc1ccc(N2CCCCC2CC#N)c(Br)c1. The van der Waals surface area contributed by atoms with E-state index in [9.17, 15) is 0 Å². The van der Waals surface area contributed by atoms with Crippen LogP contribution in [0.2, 0.25) is 0 Å². The number of hydrogen-bond acceptors (Lipinski definition) is 2. The van der Waals surface area contributed by atoms with Crippen LogP contribution in [0.25, 0.3) is 0 Å². The number of nitriles is 1. The smallest absolute Gasteiger partial charge is 0.0643 e. The van der Waals surface area contributed by atoms with Gasteiger partial charge in [0, 0.05) is 17.1 Å². The number of hydrogen-bond donors (Lipinski definition) is 0. The van der Waals surface area contributed by atoms with Gasteiger partial charge in [0.1, 0.15) is 0 Å². The van der Waals surface area contributed by atoms with E-state index in [2.05, 4.69) is 52.0 Å². The third-order valence-corrected chi connectivity index (χ3v) is 4.00. The number of rotatable bonds is 2. The highest BCUT2D eigenvalue weighted by atomic mass is 79.9. The molecule has 0 amide bonds. The zero-order valence-corrected chi connectivity index (χ0v) is 11.7. The molecule has 0 aliphatic carbocycles. The summed E-state index contributed by atoms with van der Waals surface area (Å²) in [6.07, 6.45) is 4.22. The van der Waals surface area contributed by atoms with Crippen LogP contribution in [0.3, 0.4) is 0 Å². The zero-order chi connectivity index (χ0) is 12.3. The molecule has 1 aliphatic rings. The van der Waals surface area contributed by atoms with Crippen molar-refractivity contribution in [3.8, 4) is 6.07 Å². The van der Waals surface area contributed by atoms with Crippen LogP contribution in [0, 0.1) is 18.3 Å². The number of benzene rings is 1. The van der Waals surface area contributed by atoms with Gasteiger partial charge in [0.2, 0.25) is 0 Å². The summed E-state index contributed by atoms with van der Waals surface area (Å²) < 4.78 is 1.14. The minimum absolute atomic E-state index is 0.382.